The van der Waals surface area contributed by atoms with Crippen LogP contribution < -0.4 is 0 Å². The number of halogens is 2. The summed E-state index contributed by atoms with van der Waals surface area (Å²) in [5.41, 5.74) is 4.35. The molecule has 0 fully saturated rings. The van der Waals surface area contributed by atoms with Crippen LogP contribution in [-0.2, 0) is 6.42 Å². The third kappa shape index (κ3) is 1.53. The van der Waals surface area contributed by atoms with E-state index in [-0.39, 0.29) is 5.38 Å². The molecule has 1 atom stereocenters. The van der Waals surface area contributed by atoms with Crippen LogP contribution in [0.1, 0.15) is 23.1 Å². The minimum Gasteiger partial charge on any atom is -0.282 e. The molecule has 82 valence electrons. The fraction of sp³-hybridized carbons (Fsp3) is 0.250. The first-order valence-electron chi connectivity index (χ1n) is 5.23. The maximum Gasteiger partial charge on any atom is 0.0970 e. The van der Waals surface area contributed by atoms with Crippen molar-refractivity contribution in [1.29, 1.82) is 0 Å². The summed E-state index contributed by atoms with van der Waals surface area (Å²) in [7, 11) is 0. The van der Waals surface area contributed by atoms with Crippen LogP contribution in [0.3, 0.4) is 0 Å². The summed E-state index contributed by atoms with van der Waals surface area (Å²) < 4.78 is 0. The molecular formula is C12H10Cl2N2. The molecule has 1 aliphatic rings. The molecule has 16 heavy (non-hydrogen) atoms. The molecule has 0 bridgehead atoms. The number of H-pyrrole nitrogens is 1. The van der Waals surface area contributed by atoms with Gasteiger partial charge >= 0.3 is 0 Å². The monoisotopic (exact) mass is 252 g/mol. The molecule has 1 heterocycles. The number of alkyl halides is 1. The van der Waals surface area contributed by atoms with Crippen molar-refractivity contribution in [1.82, 2.24) is 10.2 Å². The van der Waals surface area contributed by atoms with Crippen molar-refractivity contribution in [2.45, 2.75) is 18.2 Å². The third-order valence-electron chi connectivity index (χ3n) is 2.96. The molecule has 1 aromatic heterocycles. The zero-order valence-corrected chi connectivity index (χ0v) is 10.0. The van der Waals surface area contributed by atoms with Gasteiger partial charge in [0.15, 0.2) is 0 Å². The van der Waals surface area contributed by atoms with Gasteiger partial charge in [-0.1, -0.05) is 23.7 Å². The number of rotatable bonds is 1. The second kappa shape index (κ2) is 3.79. The largest absolute Gasteiger partial charge is 0.282 e. The second-order valence-corrected chi connectivity index (χ2v) is 4.94. The molecule has 1 aliphatic carbocycles. The third-order valence-corrected chi connectivity index (χ3v) is 3.65. The van der Waals surface area contributed by atoms with E-state index >= 15 is 0 Å². The summed E-state index contributed by atoms with van der Waals surface area (Å²) >= 11 is 12.1. The maximum atomic E-state index is 6.28. The first-order valence-corrected chi connectivity index (χ1v) is 6.04. The molecule has 0 amide bonds. The fourth-order valence-electron chi connectivity index (χ4n) is 2.16. The predicted octanol–water partition coefficient (Wildman–Crippen LogP) is 3.96. The highest BCUT2D eigenvalue weighted by Crippen LogP contribution is 2.40. The van der Waals surface area contributed by atoms with E-state index in [0.29, 0.717) is 0 Å². The molecule has 4 heteroatoms. The van der Waals surface area contributed by atoms with E-state index in [1.165, 1.54) is 5.69 Å². The SMILES string of the molecule is Clc1ccc(-c2n[nH]c3c2C(Cl)CC3)cc1. The molecule has 2 nitrogen and oxygen atoms in total. The number of aromatic nitrogens is 2. The van der Waals surface area contributed by atoms with Gasteiger partial charge in [-0.25, -0.2) is 0 Å². The highest BCUT2D eigenvalue weighted by atomic mass is 35.5. The number of aryl methyl sites for hydroxylation is 1. The first kappa shape index (κ1) is 10.2. The van der Waals surface area contributed by atoms with E-state index in [1.54, 1.807) is 0 Å². The molecule has 0 saturated heterocycles. The lowest BCUT2D eigenvalue weighted by molar-refractivity contribution is 0.846. The van der Waals surface area contributed by atoms with E-state index in [0.717, 1.165) is 34.7 Å². The Morgan fingerprint density at radius 3 is 2.75 bits per heavy atom. The van der Waals surface area contributed by atoms with E-state index in [9.17, 15) is 0 Å². The van der Waals surface area contributed by atoms with Crippen molar-refractivity contribution < 1.29 is 0 Å². The number of nitrogens with one attached hydrogen (secondary N) is 1. The van der Waals surface area contributed by atoms with E-state index in [2.05, 4.69) is 10.2 Å². The van der Waals surface area contributed by atoms with Crippen molar-refractivity contribution in [3.8, 4) is 11.3 Å². The number of hydrogen-bond donors (Lipinski definition) is 1. The molecule has 0 aliphatic heterocycles. The summed E-state index contributed by atoms with van der Waals surface area (Å²) in [6.45, 7) is 0. The summed E-state index contributed by atoms with van der Waals surface area (Å²) in [6.07, 6.45) is 1.98. The van der Waals surface area contributed by atoms with Gasteiger partial charge in [0, 0.05) is 21.8 Å². The van der Waals surface area contributed by atoms with Crippen LogP contribution in [0.15, 0.2) is 24.3 Å². The topological polar surface area (TPSA) is 28.7 Å². The predicted molar refractivity (Wildman–Crippen MR) is 65.9 cm³/mol. The smallest absolute Gasteiger partial charge is 0.0970 e. The molecule has 1 N–H and O–H groups in total. The van der Waals surface area contributed by atoms with E-state index in [1.807, 2.05) is 24.3 Å². The number of benzene rings is 1. The first-order chi connectivity index (χ1) is 7.75. The Morgan fingerprint density at radius 2 is 2.00 bits per heavy atom. The normalized spacial score (nSPS) is 18.8. The van der Waals surface area contributed by atoms with Crippen LogP contribution in [0.25, 0.3) is 11.3 Å². The average molecular weight is 253 g/mol. The Bertz CT molecular complexity index is 516. The molecule has 0 spiro atoms. The van der Waals surface area contributed by atoms with Crippen molar-refractivity contribution in [3.05, 3.63) is 40.5 Å². The lowest BCUT2D eigenvalue weighted by Crippen LogP contribution is -1.87. The highest BCUT2D eigenvalue weighted by molar-refractivity contribution is 6.30. The molecule has 0 radical (unpaired) electrons. The lowest BCUT2D eigenvalue weighted by Gasteiger charge is -2.03. The minimum absolute atomic E-state index is 0.0828. The molecule has 1 unspecified atom stereocenters. The van der Waals surface area contributed by atoms with Gasteiger partial charge in [-0.05, 0) is 25.0 Å². The molecule has 1 aromatic carbocycles. The van der Waals surface area contributed by atoms with Gasteiger partial charge in [-0.3, -0.25) is 5.10 Å². The van der Waals surface area contributed by atoms with Crippen LogP contribution in [-0.4, -0.2) is 10.2 Å². The van der Waals surface area contributed by atoms with Gasteiger partial charge in [0.1, 0.15) is 0 Å². The fourth-order valence-corrected chi connectivity index (χ4v) is 2.63. The second-order valence-electron chi connectivity index (χ2n) is 3.98. The summed E-state index contributed by atoms with van der Waals surface area (Å²) in [5, 5.41) is 8.22. The Morgan fingerprint density at radius 1 is 1.25 bits per heavy atom. The van der Waals surface area contributed by atoms with Gasteiger partial charge in [-0.15, -0.1) is 11.6 Å². The Hall–Kier alpha value is -0.990. The summed E-state index contributed by atoms with van der Waals surface area (Å²) in [4.78, 5) is 0. The Kier molecular flexibility index (Phi) is 2.41. The van der Waals surface area contributed by atoms with E-state index < -0.39 is 0 Å². The Balaban J connectivity index is 2.11. The van der Waals surface area contributed by atoms with Crippen molar-refractivity contribution in [2.75, 3.05) is 0 Å². The summed E-state index contributed by atoms with van der Waals surface area (Å²) in [5.74, 6) is 0. The van der Waals surface area contributed by atoms with Gasteiger partial charge in [0.25, 0.3) is 0 Å². The maximum absolute atomic E-state index is 6.28. The van der Waals surface area contributed by atoms with E-state index in [4.69, 9.17) is 23.2 Å². The zero-order valence-electron chi connectivity index (χ0n) is 8.50. The van der Waals surface area contributed by atoms with Gasteiger partial charge in [-0.2, -0.15) is 5.10 Å². The van der Waals surface area contributed by atoms with Gasteiger partial charge in [0.2, 0.25) is 0 Å². The quantitative estimate of drug-likeness (QED) is 0.765. The number of aromatic amines is 1. The molecule has 0 saturated carbocycles. The van der Waals surface area contributed by atoms with Crippen molar-refractivity contribution in [3.63, 3.8) is 0 Å². The van der Waals surface area contributed by atoms with Crippen LogP contribution in [0.4, 0.5) is 0 Å². The van der Waals surface area contributed by atoms with Gasteiger partial charge in [0.05, 0.1) is 11.1 Å². The summed E-state index contributed by atoms with van der Waals surface area (Å²) in [6, 6.07) is 7.69. The number of nitrogens with zero attached hydrogens (tertiary/aromatic N) is 1. The van der Waals surface area contributed by atoms with Crippen LogP contribution >= 0.6 is 23.2 Å². The lowest BCUT2D eigenvalue weighted by atomic mass is 10.1. The highest BCUT2D eigenvalue weighted by Gasteiger charge is 2.27. The average Bonchev–Trinajstić information content (AvgIpc) is 2.84. The van der Waals surface area contributed by atoms with Crippen molar-refractivity contribution in [2.24, 2.45) is 0 Å². The van der Waals surface area contributed by atoms with Gasteiger partial charge < -0.3 is 0 Å². The zero-order chi connectivity index (χ0) is 11.1. The molecule has 3 rings (SSSR count). The molecule has 2 aromatic rings. The standard InChI is InChI=1S/C12H10Cl2N2/c13-8-3-1-7(2-4-8)12-11-9(14)5-6-10(11)15-16-12/h1-4,9H,5-6H2,(H,15,16). The Labute approximate surface area is 104 Å². The number of hydrogen-bond acceptors (Lipinski definition) is 1. The minimum atomic E-state index is 0.0828. The number of fused-ring (bicyclic) bond motifs is 1. The van der Waals surface area contributed by atoms with Crippen LogP contribution in [0.5, 0.6) is 0 Å². The van der Waals surface area contributed by atoms with Crippen molar-refractivity contribution >= 4 is 23.2 Å². The van der Waals surface area contributed by atoms with Crippen LogP contribution in [0, 0.1) is 0 Å². The molecular weight excluding hydrogens is 243 g/mol. The van der Waals surface area contributed by atoms with Crippen LogP contribution in [0.2, 0.25) is 5.02 Å².